The molecule has 2 aromatic rings. The molecular formula is C17H23N3. The Kier molecular flexibility index (Phi) is 3.77. The smallest absolute Gasteiger partial charge is 0.0653 e. The van der Waals surface area contributed by atoms with Gasteiger partial charge in [0.1, 0.15) is 0 Å². The number of para-hydroxylation sites is 1. The van der Waals surface area contributed by atoms with Crippen molar-refractivity contribution in [3.05, 3.63) is 47.3 Å². The van der Waals surface area contributed by atoms with Crippen LogP contribution in [0.2, 0.25) is 0 Å². The molecule has 0 saturated heterocycles. The molecule has 3 nitrogen and oxygen atoms in total. The Morgan fingerprint density at radius 3 is 3.05 bits per heavy atom. The lowest BCUT2D eigenvalue weighted by atomic mass is 9.94. The summed E-state index contributed by atoms with van der Waals surface area (Å²) in [6.07, 6.45) is 7.94. The number of fused-ring (bicyclic) bond motifs is 1. The van der Waals surface area contributed by atoms with Crippen LogP contribution in [0, 0.1) is 0 Å². The lowest BCUT2D eigenvalue weighted by molar-refractivity contribution is 0.585. The van der Waals surface area contributed by atoms with Gasteiger partial charge >= 0.3 is 0 Å². The number of rotatable bonds is 4. The van der Waals surface area contributed by atoms with Crippen molar-refractivity contribution in [2.24, 2.45) is 7.05 Å². The number of hydrogen-bond donors (Lipinski definition) is 1. The Bertz CT molecular complexity index is 586. The van der Waals surface area contributed by atoms with Gasteiger partial charge in [0.25, 0.3) is 0 Å². The fourth-order valence-corrected chi connectivity index (χ4v) is 3.14. The highest BCUT2D eigenvalue weighted by Crippen LogP contribution is 2.26. The molecular weight excluding hydrogens is 246 g/mol. The van der Waals surface area contributed by atoms with Gasteiger partial charge in [-0.15, -0.1) is 0 Å². The summed E-state index contributed by atoms with van der Waals surface area (Å²) in [5, 5.41) is 8.21. The van der Waals surface area contributed by atoms with Gasteiger partial charge in [0.15, 0.2) is 0 Å². The predicted octanol–water partition coefficient (Wildman–Crippen LogP) is 3.34. The minimum absolute atomic E-state index is 0.592. The van der Waals surface area contributed by atoms with E-state index in [4.69, 9.17) is 0 Å². The van der Waals surface area contributed by atoms with E-state index < -0.39 is 0 Å². The van der Waals surface area contributed by atoms with E-state index in [-0.39, 0.29) is 0 Å². The fourth-order valence-electron chi connectivity index (χ4n) is 3.14. The lowest BCUT2D eigenvalue weighted by Crippen LogP contribution is -2.25. The van der Waals surface area contributed by atoms with Crippen LogP contribution >= 0.6 is 0 Å². The monoisotopic (exact) mass is 269 g/mol. The maximum absolute atomic E-state index is 4.53. The van der Waals surface area contributed by atoms with Crippen LogP contribution in [0.3, 0.4) is 0 Å². The standard InChI is InChI=1S/C17H23N3/c1-3-16-14(12-20(2)19-16)9-11-15-10-8-13-6-4-5-7-17(13)18-15/h4-7,12,15,18H,3,8-11H2,1-2H3. The average Bonchev–Trinajstić information content (AvgIpc) is 2.85. The number of benzene rings is 1. The Morgan fingerprint density at radius 1 is 1.35 bits per heavy atom. The van der Waals surface area contributed by atoms with Crippen LogP contribution in [0.1, 0.15) is 36.6 Å². The van der Waals surface area contributed by atoms with E-state index in [1.54, 1.807) is 0 Å². The van der Waals surface area contributed by atoms with Gasteiger partial charge < -0.3 is 5.32 Å². The molecule has 2 heterocycles. The molecule has 106 valence electrons. The van der Waals surface area contributed by atoms with Gasteiger partial charge in [-0.2, -0.15) is 5.10 Å². The summed E-state index contributed by atoms with van der Waals surface area (Å²) in [5.41, 5.74) is 5.45. The third-order valence-electron chi connectivity index (χ3n) is 4.23. The van der Waals surface area contributed by atoms with Crippen molar-refractivity contribution in [2.75, 3.05) is 5.32 Å². The first-order chi connectivity index (χ1) is 9.76. The zero-order valence-corrected chi connectivity index (χ0v) is 12.4. The molecule has 1 aromatic carbocycles. The quantitative estimate of drug-likeness (QED) is 0.922. The highest BCUT2D eigenvalue weighted by atomic mass is 15.2. The molecule has 3 heteroatoms. The summed E-state index contributed by atoms with van der Waals surface area (Å²) in [6, 6.07) is 9.27. The summed E-state index contributed by atoms with van der Waals surface area (Å²) in [4.78, 5) is 0. The number of aryl methyl sites for hydroxylation is 4. The van der Waals surface area contributed by atoms with Crippen molar-refractivity contribution in [2.45, 2.75) is 45.1 Å². The summed E-state index contributed by atoms with van der Waals surface area (Å²) in [5.74, 6) is 0. The molecule has 0 radical (unpaired) electrons. The molecule has 3 rings (SSSR count). The molecule has 0 spiro atoms. The highest BCUT2D eigenvalue weighted by molar-refractivity contribution is 5.53. The summed E-state index contributed by atoms with van der Waals surface area (Å²) in [7, 11) is 2.01. The minimum Gasteiger partial charge on any atom is -0.382 e. The number of anilines is 1. The highest BCUT2D eigenvalue weighted by Gasteiger charge is 2.17. The van der Waals surface area contributed by atoms with Crippen LogP contribution < -0.4 is 5.32 Å². The largest absolute Gasteiger partial charge is 0.382 e. The van der Waals surface area contributed by atoms with Gasteiger partial charge in [-0.25, -0.2) is 0 Å². The van der Waals surface area contributed by atoms with E-state index in [0.29, 0.717) is 6.04 Å². The molecule has 0 aliphatic carbocycles. The first-order valence-corrected chi connectivity index (χ1v) is 7.62. The van der Waals surface area contributed by atoms with E-state index in [0.717, 1.165) is 12.8 Å². The number of aromatic nitrogens is 2. The molecule has 1 atom stereocenters. The zero-order valence-electron chi connectivity index (χ0n) is 12.4. The van der Waals surface area contributed by atoms with Crippen LogP contribution in [0.25, 0.3) is 0 Å². The van der Waals surface area contributed by atoms with Crippen LogP contribution in [0.5, 0.6) is 0 Å². The van der Waals surface area contributed by atoms with E-state index >= 15 is 0 Å². The first kappa shape index (κ1) is 13.2. The molecule has 0 amide bonds. The van der Waals surface area contributed by atoms with Gasteiger partial charge in [-0.05, 0) is 49.3 Å². The summed E-state index contributed by atoms with van der Waals surface area (Å²) in [6.45, 7) is 2.18. The Balaban J connectivity index is 1.62. The molecule has 1 unspecified atom stereocenters. The third kappa shape index (κ3) is 2.72. The van der Waals surface area contributed by atoms with Crippen LogP contribution in [0.4, 0.5) is 5.69 Å². The Labute approximate surface area is 121 Å². The van der Waals surface area contributed by atoms with E-state index in [1.807, 2.05) is 11.7 Å². The number of hydrogen-bond acceptors (Lipinski definition) is 2. The number of nitrogens with one attached hydrogen (secondary N) is 1. The second kappa shape index (κ2) is 5.70. The maximum Gasteiger partial charge on any atom is 0.0653 e. The van der Waals surface area contributed by atoms with Gasteiger partial charge in [-0.1, -0.05) is 25.1 Å². The Hall–Kier alpha value is -1.77. The topological polar surface area (TPSA) is 29.9 Å². The molecule has 0 bridgehead atoms. The molecule has 0 fully saturated rings. The SMILES string of the molecule is CCc1nn(C)cc1CCC1CCc2ccccc2N1. The van der Waals surface area contributed by atoms with Crippen LogP contribution in [-0.2, 0) is 26.3 Å². The fraction of sp³-hybridized carbons (Fsp3) is 0.471. The predicted molar refractivity (Wildman–Crippen MR) is 83.1 cm³/mol. The molecule has 1 aliphatic heterocycles. The maximum atomic E-state index is 4.53. The van der Waals surface area contributed by atoms with E-state index in [2.05, 4.69) is 47.8 Å². The second-order valence-electron chi connectivity index (χ2n) is 5.70. The molecule has 1 aliphatic rings. The molecule has 1 N–H and O–H groups in total. The summed E-state index contributed by atoms with van der Waals surface area (Å²) >= 11 is 0. The molecule has 1 aromatic heterocycles. The van der Waals surface area contributed by atoms with E-state index in [1.165, 1.54) is 41.8 Å². The van der Waals surface area contributed by atoms with Crippen LogP contribution in [0.15, 0.2) is 30.5 Å². The third-order valence-corrected chi connectivity index (χ3v) is 4.23. The lowest BCUT2D eigenvalue weighted by Gasteiger charge is -2.27. The zero-order chi connectivity index (χ0) is 13.9. The van der Waals surface area contributed by atoms with Crippen molar-refractivity contribution in [3.8, 4) is 0 Å². The van der Waals surface area contributed by atoms with Gasteiger partial charge in [-0.3, -0.25) is 4.68 Å². The van der Waals surface area contributed by atoms with Gasteiger partial charge in [0, 0.05) is 25.0 Å². The Morgan fingerprint density at radius 2 is 2.20 bits per heavy atom. The minimum atomic E-state index is 0.592. The molecule has 20 heavy (non-hydrogen) atoms. The average molecular weight is 269 g/mol. The first-order valence-electron chi connectivity index (χ1n) is 7.62. The molecule has 0 saturated carbocycles. The number of nitrogens with zero attached hydrogens (tertiary/aromatic N) is 2. The normalized spacial score (nSPS) is 17.6. The van der Waals surface area contributed by atoms with Gasteiger partial charge in [0.2, 0.25) is 0 Å². The van der Waals surface area contributed by atoms with E-state index in [9.17, 15) is 0 Å². The van der Waals surface area contributed by atoms with Crippen molar-refractivity contribution in [1.29, 1.82) is 0 Å². The van der Waals surface area contributed by atoms with Crippen molar-refractivity contribution in [3.63, 3.8) is 0 Å². The van der Waals surface area contributed by atoms with Crippen molar-refractivity contribution in [1.82, 2.24) is 9.78 Å². The van der Waals surface area contributed by atoms with Crippen molar-refractivity contribution < 1.29 is 0 Å². The van der Waals surface area contributed by atoms with Gasteiger partial charge in [0.05, 0.1) is 5.69 Å². The summed E-state index contributed by atoms with van der Waals surface area (Å²) < 4.78 is 1.94. The van der Waals surface area contributed by atoms with Crippen molar-refractivity contribution >= 4 is 5.69 Å². The second-order valence-corrected chi connectivity index (χ2v) is 5.70. The van der Waals surface area contributed by atoms with Crippen LogP contribution in [-0.4, -0.2) is 15.8 Å².